The Kier molecular flexibility index (Phi) is 3.95. The molecule has 2 aromatic rings. The molecular weight excluding hydrogens is 250 g/mol. The second-order valence-corrected chi connectivity index (χ2v) is 4.49. The Morgan fingerprint density at radius 3 is 2.68 bits per heavy atom. The van der Waals surface area contributed by atoms with Gasteiger partial charge in [0.15, 0.2) is 0 Å². The minimum absolute atomic E-state index is 0.0285. The number of halogens is 2. The normalized spacial score (nSPS) is 12.7. The highest BCUT2D eigenvalue weighted by Crippen LogP contribution is 2.22. The first-order chi connectivity index (χ1) is 9.01. The Bertz CT molecular complexity index is 581. The summed E-state index contributed by atoms with van der Waals surface area (Å²) in [6.45, 7) is 1.98. The second kappa shape index (κ2) is 5.48. The minimum Gasteiger partial charge on any atom is -0.388 e. The van der Waals surface area contributed by atoms with Gasteiger partial charge in [-0.3, -0.25) is 4.68 Å². The molecule has 1 unspecified atom stereocenters. The van der Waals surface area contributed by atoms with E-state index in [0.717, 1.165) is 36.0 Å². The Morgan fingerprint density at radius 2 is 2.05 bits per heavy atom. The van der Waals surface area contributed by atoms with Crippen molar-refractivity contribution < 1.29 is 13.9 Å². The average molecular weight is 266 g/mol. The van der Waals surface area contributed by atoms with Crippen molar-refractivity contribution in [3.63, 3.8) is 0 Å². The molecule has 0 aliphatic carbocycles. The summed E-state index contributed by atoms with van der Waals surface area (Å²) in [5.41, 5.74) is 1.66. The summed E-state index contributed by atoms with van der Waals surface area (Å²) < 4.78 is 28.3. The molecule has 3 nitrogen and oxygen atoms in total. The topological polar surface area (TPSA) is 38.0 Å². The number of hydrogen-bond acceptors (Lipinski definition) is 2. The Morgan fingerprint density at radius 1 is 1.32 bits per heavy atom. The van der Waals surface area contributed by atoms with Crippen LogP contribution in [0, 0.1) is 11.6 Å². The Balaban J connectivity index is 2.22. The lowest BCUT2D eigenvalue weighted by Gasteiger charge is -2.12. The summed E-state index contributed by atoms with van der Waals surface area (Å²) in [7, 11) is 1.77. The molecule has 1 heterocycles. The van der Waals surface area contributed by atoms with E-state index < -0.39 is 17.7 Å². The first-order valence-electron chi connectivity index (χ1n) is 6.16. The van der Waals surface area contributed by atoms with Gasteiger partial charge in [-0.2, -0.15) is 5.10 Å². The van der Waals surface area contributed by atoms with Crippen molar-refractivity contribution in [3.8, 4) is 0 Å². The molecular formula is C14H16F2N2O. The minimum atomic E-state index is -1.09. The predicted octanol–water partition coefficient (Wildman–Crippen LogP) is 2.54. The van der Waals surface area contributed by atoms with Gasteiger partial charge in [-0.15, -0.1) is 0 Å². The summed E-state index contributed by atoms with van der Waals surface area (Å²) >= 11 is 0. The number of aliphatic hydroxyl groups excluding tert-OH is 1. The molecule has 0 saturated carbocycles. The summed E-state index contributed by atoms with van der Waals surface area (Å²) in [4.78, 5) is 0. The lowest BCUT2D eigenvalue weighted by atomic mass is 10.0. The monoisotopic (exact) mass is 266 g/mol. The third kappa shape index (κ3) is 2.98. The van der Waals surface area contributed by atoms with Gasteiger partial charge in [0, 0.05) is 24.7 Å². The van der Waals surface area contributed by atoms with E-state index in [1.165, 1.54) is 0 Å². The first kappa shape index (κ1) is 13.7. The molecule has 102 valence electrons. The van der Waals surface area contributed by atoms with Crippen LogP contribution in [0.25, 0.3) is 0 Å². The molecule has 0 spiro atoms. The molecule has 1 atom stereocenters. The van der Waals surface area contributed by atoms with Crippen LogP contribution in [0.5, 0.6) is 0 Å². The Hall–Kier alpha value is -1.75. The van der Waals surface area contributed by atoms with Crippen LogP contribution in [0.2, 0.25) is 0 Å². The van der Waals surface area contributed by atoms with Gasteiger partial charge in [0.05, 0.1) is 11.8 Å². The van der Waals surface area contributed by atoms with Gasteiger partial charge in [0.25, 0.3) is 0 Å². The fraction of sp³-hybridized carbons (Fsp3) is 0.357. The van der Waals surface area contributed by atoms with Gasteiger partial charge in [-0.25, -0.2) is 8.78 Å². The molecule has 1 N–H and O–H groups in total. The van der Waals surface area contributed by atoms with E-state index in [4.69, 9.17) is 0 Å². The number of benzene rings is 1. The quantitative estimate of drug-likeness (QED) is 0.923. The van der Waals surface area contributed by atoms with Crippen LogP contribution in [0.4, 0.5) is 8.78 Å². The fourth-order valence-electron chi connectivity index (χ4n) is 2.01. The summed E-state index contributed by atoms with van der Waals surface area (Å²) in [5, 5.41) is 14.3. The van der Waals surface area contributed by atoms with Crippen molar-refractivity contribution in [1.82, 2.24) is 9.78 Å². The van der Waals surface area contributed by atoms with Gasteiger partial charge in [-0.1, -0.05) is 6.92 Å². The molecule has 0 aliphatic rings. The Labute approximate surface area is 110 Å². The maximum absolute atomic E-state index is 13.5. The standard InChI is InChI=1S/C14H16F2N2O/c1-3-10-7-11(18(2)17-10)8-14(19)12-6-9(15)4-5-13(12)16/h4-7,14,19H,3,8H2,1-2H3. The van der Waals surface area contributed by atoms with Crippen molar-refractivity contribution in [1.29, 1.82) is 0 Å². The lowest BCUT2D eigenvalue weighted by molar-refractivity contribution is 0.170. The van der Waals surface area contributed by atoms with Crippen LogP contribution < -0.4 is 0 Å². The van der Waals surface area contributed by atoms with Crippen molar-refractivity contribution in [2.75, 3.05) is 0 Å². The van der Waals surface area contributed by atoms with Crippen LogP contribution in [-0.2, 0) is 19.9 Å². The highest BCUT2D eigenvalue weighted by molar-refractivity contribution is 5.23. The predicted molar refractivity (Wildman–Crippen MR) is 67.6 cm³/mol. The second-order valence-electron chi connectivity index (χ2n) is 4.49. The smallest absolute Gasteiger partial charge is 0.129 e. The molecule has 1 aromatic carbocycles. The average Bonchev–Trinajstić information content (AvgIpc) is 2.73. The molecule has 2 rings (SSSR count). The maximum Gasteiger partial charge on any atom is 0.129 e. The van der Waals surface area contributed by atoms with Crippen molar-refractivity contribution in [3.05, 3.63) is 52.9 Å². The molecule has 19 heavy (non-hydrogen) atoms. The first-order valence-corrected chi connectivity index (χ1v) is 6.16. The van der Waals surface area contributed by atoms with Gasteiger partial charge >= 0.3 is 0 Å². The van der Waals surface area contributed by atoms with Crippen LogP contribution >= 0.6 is 0 Å². The molecule has 5 heteroatoms. The molecule has 0 aliphatic heterocycles. The molecule has 0 radical (unpaired) electrons. The summed E-state index contributed by atoms with van der Waals surface area (Å²) in [5.74, 6) is -1.17. The molecule has 0 saturated heterocycles. The number of rotatable bonds is 4. The molecule has 1 aromatic heterocycles. The highest BCUT2D eigenvalue weighted by atomic mass is 19.1. The zero-order chi connectivity index (χ0) is 14.0. The molecule has 0 bridgehead atoms. The third-order valence-corrected chi connectivity index (χ3v) is 3.11. The number of aliphatic hydroxyl groups is 1. The van der Waals surface area contributed by atoms with Crippen molar-refractivity contribution >= 4 is 0 Å². The maximum atomic E-state index is 13.5. The lowest BCUT2D eigenvalue weighted by Crippen LogP contribution is -2.08. The van der Waals surface area contributed by atoms with Gasteiger partial charge in [-0.05, 0) is 30.7 Å². The van der Waals surface area contributed by atoms with Crippen LogP contribution in [0.3, 0.4) is 0 Å². The summed E-state index contributed by atoms with van der Waals surface area (Å²) in [6, 6.07) is 4.94. The van der Waals surface area contributed by atoms with Crippen LogP contribution in [0.15, 0.2) is 24.3 Å². The number of hydrogen-bond donors (Lipinski definition) is 1. The highest BCUT2D eigenvalue weighted by Gasteiger charge is 2.16. The van der Waals surface area contributed by atoms with Crippen molar-refractivity contribution in [2.45, 2.75) is 25.9 Å². The van der Waals surface area contributed by atoms with Crippen molar-refractivity contribution in [2.24, 2.45) is 7.05 Å². The van der Waals surface area contributed by atoms with E-state index >= 15 is 0 Å². The van der Waals surface area contributed by atoms with Gasteiger partial charge < -0.3 is 5.11 Å². The summed E-state index contributed by atoms with van der Waals surface area (Å²) in [6.07, 6.45) is -0.0990. The van der Waals surface area contributed by atoms with Gasteiger partial charge in [0.2, 0.25) is 0 Å². The molecule has 0 fully saturated rings. The number of aromatic nitrogens is 2. The van der Waals surface area contributed by atoms with E-state index in [2.05, 4.69) is 5.10 Å². The van der Waals surface area contributed by atoms with Gasteiger partial charge in [0.1, 0.15) is 11.6 Å². The zero-order valence-corrected chi connectivity index (χ0v) is 10.9. The number of nitrogens with zero attached hydrogens (tertiary/aromatic N) is 2. The third-order valence-electron chi connectivity index (χ3n) is 3.11. The zero-order valence-electron chi connectivity index (χ0n) is 10.9. The van der Waals surface area contributed by atoms with E-state index in [-0.39, 0.29) is 12.0 Å². The van der Waals surface area contributed by atoms with Crippen LogP contribution in [0.1, 0.15) is 30.0 Å². The SMILES string of the molecule is CCc1cc(CC(O)c2cc(F)ccc2F)n(C)n1. The van der Waals surface area contributed by atoms with E-state index in [0.29, 0.717) is 0 Å². The number of aryl methyl sites for hydroxylation is 2. The molecule has 0 amide bonds. The van der Waals surface area contributed by atoms with E-state index in [1.54, 1.807) is 11.7 Å². The largest absolute Gasteiger partial charge is 0.388 e. The fourth-order valence-corrected chi connectivity index (χ4v) is 2.01. The van der Waals surface area contributed by atoms with E-state index in [9.17, 15) is 13.9 Å². The van der Waals surface area contributed by atoms with E-state index in [1.807, 2.05) is 13.0 Å². The van der Waals surface area contributed by atoms with Crippen LogP contribution in [-0.4, -0.2) is 14.9 Å².